The Kier molecular flexibility index (Phi) is 4.87. The highest BCUT2D eigenvalue weighted by atomic mass is 16.5. The number of amides is 2. The molecule has 1 saturated carbocycles. The summed E-state index contributed by atoms with van der Waals surface area (Å²) in [5.41, 5.74) is 1.59. The summed E-state index contributed by atoms with van der Waals surface area (Å²) in [6.45, 7) is 0.572. The molecule has 0 radical (unpaired) electrons. The molecule has 0 unspecified atom stereocenters. The predicted molar refractivity (Wildman–Crippen MR) is 86.2 cm³/mol. The van der Waals surface area contributed by atoms with Gasteiger partial charge in [0.15, 0.2) is 0 Å². The second kappa shape index (κ2) is 7.23. The Hall–Kier alpha value is -2.41. The first-order chi connectivity index (χ1) is 11.2. The van der Waals surface area contributed by atoms with Crippen molar-refractivity contribution in [2.24, 2.45) is 0 Å². The number of carbonyl (C=O) groups is 1. The molecule has 2 amide bonds. The first kappa shape index (κ1) is 15.5. The van der Waals surface area contributed by atoms with Crippen molar-refractivity contribution in [3.63, 3.8) is 0 Å². The van der Waals surface area contributed by atoms with Gasteiger partial charge in [-0.2, -0.15) is 5.10 Å². The number of carbonyl (C=O) groups excluding carboxylic acids is 1. The van der Waals surface area contributed by atoms with E-state index in [4.69, 9.17) is 4.74 Å². The molecular formula is C16H21N5O2. The molecule has 2 aromatic rings. The minimum atomic E-state index is -0.205. The zero-order valence-electron chi connectivity index (χ0n) is 13.1. The van der Waals surface area contributed by atoms with Crippen molar-refractivity contribution >= 4 is 11.7 Å². The number of pyridine rings is 1. The Bertz CT molecular complexity index is 643. The molecule has 2 aromatic heterocycles. The van der Waals surface area contributed by atoms with Gasteiger partial charge in [-0.3, -0.25) is 9.67 Å². The molecular weight excluding hydrogens is 294 g/mol. The van der Waals surface area contributed by atoms with Crippen LogP contribution in [0.3, 0.4) is 0 Å². The van der Waals surface area contributed by atoms with Crippen molar-refractivity contribution in [3.05, 3.63) is 42.5 Å². The van der Waals surface area contributed by atoms with Crippen LogP contribution >= 0.6 is 0 Å². The van der Waals surface area contributed by atoms with E-state index in [9.17, 15) is 4.79 Å². The summed E-state index contributed by atoms with van der Waals surface area (Å²) in [5, 5.41) is 10.0. The van der Waals surface area contributed by atoms with Crippen LogP contribution in [0.5, 0.6) is 0 Å². The highest BCUT2D eigenvalue weighted by Gasteiger charge is 2.25. The van der Waals surface area contributed by atoms with Crippen LogP contribution in [-0.4, -0.2) is 40.1 Å². The zero-order chi connectivity index (χ0) is 16.1. The monoisotopic (exact) mass is 315 g/mol. The number of urea groups is 1. The molecule has 1 fully saturated rings. The van der Waals surface area contributed by atoms with Crippen molar-refractivity contribution in [2.75, 3.05) is 12.4 Å². The third-order valence-corrected chi connectivity index (χ3v) is 3.99. The fourth-order valence-electron chi connectivity index (χ4n) is 2.81. The van der Waals surface area contributed by atoms with Crippen LogP contribution in [0.4, 0.5) is 10.5 Å². The Labute approximate surface area is 135 Å². The first-order valence-corrected chi connectivity index (χ1v) is 7.75. The molecule has 0 spiro atoms. The minimum Gasteiger partial charge on any atom is -0.381 e. The van der Waals surface area contributed by atoms with Crippen LogP contribution in [0.15, 0.2) is 36.8 Å². The number of nitrogens with zero attached hydrogens (tertiary/aromatic N) is 3. The van der Waals surface area contributed by atoms with Crippen LogP contribution < -0.4 is 10.6 Å². The van der Waals surface area contributed by atoms with Crippen LogP contribution in [0.1, 0.15) is 25.0 Å². The molecule has 7 nitrogen and oxygen atoms in total. The van der Waals surface area contributed by atoms with Gasteiger partial charge in [0.2, 0.25) is 0 Å². The average Bonchev–Trinajstić information content (AvgIpc) is 3.18. The van der Waals surface area contributed by atoms with Gasteiger partial charge < -0.3 is 15.4 Å². The SMILES string of the molecule is CO[C@H]1CC[C@@H](NC(=O)Nc2cnn(Cc3ccccn3)c2)C1. The average molecular weight is 315 g/mol. The summed E-state index contributed by atoms with van der Waals surface area (Å²) < 4.78 is 7.05. The van der Waals surface area contributed by atoms with Gasteiger partial charge in [0.25, 0.3) is 0 Å². The topological polar surface area (TPSA) is 81.1 Å². The van der Waals surface area contributed by atoms with E-state index >= 15 is 0 Å². The lowest BCUT2D eigenvalue weighted by molar-refractivity contribution is 0.107. The molecule has 0 saturated heterocycles. The number of rotatable bonds is 5. The third-order valence-electron chi connectivity index (χ3n) is 3.99. The first-order valence-electron chi connectivity index (χ1n) is 7.75. The van der Waals surface area contributed by atoms with Gasteiger partial charge in [-0.1, -0.05) is 6.07 Å². The fourth-order valence-corrected chi connectivity index (χ4v) is 2.81. The lowest BCUT2D eigenvalue weighted by Gasteiger charge is -2.13. The van der Waals surface area contributed by atoms with Gasteiger partial charge in [-0.15, -0.1) is 0 Å². The summed E-state index contributed by atoms with van der Waals surface area (Å²) in [6.07, 6.45) is 8.23. The molecule has 1 aliphatic carbocycles. The van der Waals surface area contributed by atoms with E-state index in [0.29, 0.717) is 12.2 Å². The highest BCUT2D eigenvalue weighted by molar-refractivity contribution is 5.89. The van der Waals surface area contributed by atoms with E-state index < -0.39 is 0 Å². The Balaban J connectivity index is 1.49. The number of anilines is 1. The zero-order valence-corrected chi connectivity index (χ0v) is 13.1. The molecule has 3 rings (SSSR count). The van der Waals surface area contributed by atoms with Crippen molar-refractivity contribution in [3.8, 4) is 0 Å². The second-order valence-electron chi connectivity index (χ2n) is 5.71. The molecule has 0 bridgehead atoms. The predicted octanol–water partition coefficient (Wildman–Crippen LogP) is 2.02. The van der Waals surface area contributed by atoms with E-state index in [1.165, 1.54) is 0 Å². The summed E-state index contributed by atoms with van der Waals surface area (Å²) in [5.74, 6) is 0. The van der Waals surface area contributed by atoms with E-state index in [2.05, 4.69) is 20.7 Å². The number of ether oxygens (including phenoxy) is 1. The van der Waals surface area contributed by atoms with Crippen LogP contribution in [-0.2, 0) is 11.3 Å². The second-order valence-corrected chi connectivity index (χ2v) is 5.71. The lowest BCUT2D eigenvalue weighted by atomic mass is 10.2. The molecule has 122 valence electrons. The maximum absolute atomic E-state index is 12.0. The molecule has 0 aliphatic heterocycles. The molecule has 2 heterocycles. The van der Waals surface area contributed by atoms with Gasteiger partial charge in [0.1, 0.15) is 0 Å². The quantitative estimate of drug-likeness (QED) is 0.884. The minimum absolute atomic E-state index is 0.170. The van der Waals surface area contributed by atoms with Crippen LogP contribution in [0, 0.1) is 0 Å². The molecule has 7 heteroatoms. The Morgan fingerprint density at radius 1 is 1.43 bits per heavy atom. The summed E-state index contributed by atoms with van der Waals surface area (Å²) in [4.78, 5) is 16.3. The van der Waals surface area contributed by atoms with E-state index in [1.807, 2.05) is 18.2 Å². The lowest BCUT2D eigenvalue weighted by Crippen LogP contribution is -2.36. The van der Waals surface area contributed by atoms with Crippen molar-refractivity contribution < 1.29 is 9.53 Å². The van der Waals surface area contributed by atoms with Gasteiger partial charge in [0, 0.05) is 25.5 Å². The van der Waals surface area contributed by atoms with Crippen LogP contribution in [0.25, 0.3) is 0 Å². The van der Waals surface area contributed by atoms with Gasteiger partial charge in [0.05, 0.1) is 30.2 Å². The Morgan fingerprint density at radius 2 is 2.35 bits per heavy atom. The number of hydrogen-bond acceptors (Lipinski definition) is 4. The van der Waals surface area contributed by atoms with Gasteiger partial charge in [-0.05, 0) is 31.4 Å². The maximum atomic E-state index is 12.0. The summed E-state index contributed by atoms with van der Waals surface area (Å²) in [6, 6.07) is 5.72. The summed E-state index contributed by atoms with van der Waals surface area (Å²) >= 11 is 0. The normalized spacial score (nSPS) is 20.4. The van der Waals surface area contributed by atoms with Gasteiger partial charge >= 0.3 is 6.03 Å². The number of aromatic nitrogens is 3. The van der Waals surface area contributed by atoms with Gasteiger partial charge in [-0.25, -0.2) is 4.79 Å². The van der Waals surface area contributed by atoms with Crippen molar-refractivity contribution in [1.82, 2.24) is 20.1 Å². The number of hydrogen-bond donors (Lipinski definition) is 2. The highest BCUT2D eigenvalue weighted by Crippen LogP contribution is 2.21. The molecule has 0 aromatic carbocycles. The maximum Gasteiger partial charge on any atom is 0.319 e. The standard InChI is InChI=1S/C16H21N5O2/c1-23-15-6-5-12(8-15)19-16(22)20-14-9-18-21(11-14)10-13-4-2-3-7-17-13/h2-4,7,9,11-12,15H,5-6,8,10H2,1H3,(H2,19,20,22)/t12-,15+/m1/s1. The number of nitrogens with one attached hydrogen (secondary N) is 2. The van der Waals surface area contributed by atoms with E-state index in [-0.39, 0.29) is 18.2 Å². The third kappa shape index (κ3) is 4.29. The molecule has 2 N–H and O–H groups in total. The Morgan fingerprint density at radius 3 is 3.09 bits per heavy atom. The molecule has 1 aliphatic rings. The fraction of sp³-hybridized carbons (Fsp3) is 0.438. The van der Waals surface area contributed by atoms with E-state index in [1.54, 1.807) is 30.4 Å². The van der Waals surface area contributed by atoms with Crippen LogP contribution in [0.2, 0.25) is 0 Å². The number of methoxy groups -OCH3 is 1. The smallest absolute Gasteiger partial charge is 0.319 e. The molecule has 23 heavy (non-hydrogen) atoms. The largest absolute Gasteiger partial charge is 0.381 e. The van der Waals surface area contributed by atoms with E-state index in [0.717, 1.165) is 25.0 Å². The van der Waals surface area contributed by atoms with Crippen molar-refractivity contribution in [1.29, 1.82) is 0 Å². The molecule has 2 atom stereocenters. The summed E-state index contributed by atoms with van der Waals surface area (Å²) in [7, 11) is 1.71. The van der Waals surface area contributed by atoms with Crippen molar-refractivity contribution in [2.45, 2.75) is 38.0 Å².